The van der Waals surface area contributed by atoms with E-state index in [1.54, 1.807) is 0 Å². The van der Waals surface area contributed by atoms with Gasteiger partial charge in [0.2, 0.25) is 0 Å². The molecule has 3 rings (SSSR count). The third-order valence-corrected chi connectivity index (χ3v) is 4.00. The number of fused-ring (bicyclic) bond motifs is 1. The fraction of sp³-hybridized carbons (Fsp3) is 0.484. The Morgan fingerprint density at radius 2 is 0.742 bits per heavy atom. The Hall–Kier alpha value is -2.08. The molecule has 3 aromatic rings. The molecule has 0 nitrogen and oxygen atoms in total. The molecule has 0 aliphatic carbocycles. The third-order valence-electron chi connectivity index (χ3n) is 4.00. The summed E-state index contributed by atoms with van der Waals surface area (Å²) in [5.74, 6) is 0. The Morgan fingerprint density at radius 3 is 1.03 bits per heavy atom. The monoisotopic (exact) mass is 424 g/mol. The van der Waals surface area contributed by atoms with E-state index in [0.29, 0.717) is 0 Å². The number of hydrogen-bond acceptors (Lipinski definition) is 0. The van der Waals surface area contributed by atoms with Crippen LogP contribution in [0, 0.1) is 0 Å². The molecule has 176 valence electrons. The minimum Gasteiger partial charge on any atom is -0.0683 e. The predicted octanol–water partition coefficient (Wildman–Crippen LogP) is 11.1. The molecule has 0 heteroatoms. The molecule has 0 aliphatic heterocycles. The molecule has 0 spiro atoms. The van der Waals surface area contributed by atoms with Crippen molar-refractivity contribution in [3.8, 4) is 0 Å². The zero-order chi connectivity index (χ0) is 24.2. The average Bonchev–Trinajstić information content (AvgIpc) is 2.88. The molecule has 0 bridgehead atoms. The largest absolute Gasteiger partial charge is 0.0683 e. The van der Waals surface area contributed by atoms with Gasteiger partial charge in [-0.25, -0.2) is 0 Å². The molecule has 3 aromatic carbocycles. The molecular weight excluding hydrogens is 372 g/mol. The van der Waals surface area contributed by atoms with Crippen molar-refractivity contribution in [2.45, 2.75) is 101 Å². The second-order valence-corrected chi connectivity index (χ2v) is 6.29. The average molecular weight is 425 g/mol. The summed E-state index contributed by atoms with van der Waals surface area (Å²) >= 11 is 0. The van der Waals surface area contributed by atoms with Crippen LogP contribution in [0.3, 0.4) is 0 Å². The Balaban J connectivity index is -0.000000346. The summed E-state index contributed by atoms with van der Waals surface area (Å²) in [5, 5.41) is 2.62. The van der Waals surface area contributed by atoms with Crippen LogP contribution in [0.1, 0.15) is 100.0 Å². The quantitative estimate of drug-likeness (QED) is 0.357. The van der Waals surface area contributed by atoms with E-state index in [9.17, 15) is 0 Å². The van der Waals surface area contributed by atoms with Gasteiger partial charge in [0.1, 0.15) is 0 Å². The molecule has 0 radical (unpaired) electrons. The van der Waals surface area contributed by atoms with Gasteiger partial charge in [0.15, 0.2) is 0 Å². The first-order chi connectivity index (χ1) is 15.3. The van der Waals surface area contributed by atoms with Crippen molar-refractivity contribution in [1.82, 2.24) is 0 Å². The highest BCUT2D eigenvalue weighted by molar-refractivity contribution is 5.81. The lowest BCUT2D eigenvalue weighted by Crippen LogP contribution is -1.78. The number of unbranched alkanes of at least 4 members (excludes halogenated alkanes) is 3. The third kappa shape index (κ3) is 21.0. The lowest BCUT2D eigenvalue weighted by atomic mass is 10.1. The first kappa shape index (κ1) is 33.6. The first-order valence-corrected chi connectivity index (χ1v) is 12.8. The summed E-state index contributed by atoms with van der Waals surface area (Å²) in [7, 11) is 0. The first-order valence-electron chi connectivity index (χ1n) is 12.8. The van der Waals surface area contributed by atoms with Crippen LogP contribution < -0.4 is 0 Å². The lowest BCUT2D eigenvalue weighted by Gasteiger charge is -1.93. The maximum absolute atomic E-state index is 2.23. The Labute approximate surface area is 196 Å². The van der Waals surface area contributed by atoms with E-state index in [1.807, 2.05) is 41.5 Å². The van der Waals surface area contributed by atoms with Gasteiger partial charge < -0.3 is 0 Å². The summed E-state index contributed by atoms with van der Waals surface area (Å²) in [6.07, 6.45) is 7.99. The molecule has 0 aliphatic rings. The Bertz CT molecular complexity index is 585. The van der Waals surface area contributed by atoms with E-state index in [2.05, 4.69) is 99.6 Å². The van der Waals surface area contributed by atoms with Crippen LogP contribution in [0.25, 0.3) is 10.8 Å². The summed E-state index contributed by atoms with van der Waals surface area (Å²) in [5.41, 5.74) is 1.44. The maximum atomic E-state index is 2.23. The highest BCUT2D eigenvalue weighted by atomic mass is 13.9. The fourth-order valence-corrected chi connectivity index (χ4v) is 2.57. The van der Waals surface area contributed by atoms with E-state index in [1.165, 1.54) is 54.9 Å². The van der Waals surface area contributed by atoms with Gasteiger partial charge in [0.05, 0.1) is 0 Å². The summed E-state index contributed by atoms with van der Waals surface area (Å²) in [4.78, 5) is 0. The predicted molar refractivity (Wildman–Crippen MR) is 148 cm³/mol. The number of rotatable bonds is 5. The minimum atomic E-state index is 1.21. The second kappa shape index (κ2) is 30.1. The van der Waals surface area contributed by atoms with Gasteiger partial charge in [-0.15, -0.1) is 0 Å². The van der Waals surface area contributed by atoms with E-state index in [0.717, 1.165) is 0 Å². The zero-order valence-electron chi connectivity index (χ0n) is 22.2. The van der Waals surface area contributed by atoms with Gasteiger partial charge in [-0.3, -0.25) is 0 Å². The summed E-state index contributed by atoms with van der Waals surface area (Å²) in [6, 6.07) is 27.3. The smallest absolute Gasteiger partial charge is 0.0184 e. The van der Waals surface area contributed by atoms with Gasteiger partial charge in [-0.1, -0.05) is 173 Å². The lowest BCUT2D eigenvalue weighted by molar-refractivity contribution is 0.702. The number of benzene rings is 3. The molecule has 0 aromatic heterocycles. The molecule has 0 N–H and O–H groups in total. The Morgan fingerprint density at radius 1 is 0.419 bits per heavy atom. The van der Waals surface area contributed by atoms with Crippen molar-refractivity contribution in [3.05, 3.63) is 84.4 Å². The number of hydrogen-bond donors (Lipinski definition) is 0. The molecule has 0 saturated heterocycles. The van der Waals surface area contributed by atoms with Crippen LogP contribution >= 0.6 is 0 Å². The number of aryl methyl sites for hydroxylation is 1. The maximum Gasteiger partial charge on any atom is -0.0184 e. The van der Waals surface area contributed by atoms with E-state index < -0.39 is 0 Å². The fourth-order valence-electron chi connectivity index (χ4n) is 2.57. The van der Waals surface area contributed by atoms with Crippen LogP contribution in [0.15, 0.2) is 78.9 Å². The van der Waals surface area contributed by atoms with Gasteiger partial charge in [-0.2, -0.15) is 0 Å². The van der Waals surface area contributed by atoms with Gasteiger partial charge >= 0.3 is 0 Å². The Kier molecular flexibility index (Phi) is 32.6. The van der Waals surface area contributed by atoms with Crippen molar-refractivity contribution in [2.24, 2.45) is 0 Å². The van der Waals surface area contributed by atoms with Crippen LogP contribution in [-0.2, 0) is 6.42 Å². The zero-order valence-corrected chi connectivity index (χ0v) is 22.2. The van der Waals surface area contributed by atoms with E-state index in [4.69, 9.17) is 0 Å². The van der Waals surface area contributed by atoms with Crippen molar-refractivity contribution >= 4 is 10.8 Å². The van der Waals surface area contributed by atoms with Gasteiger partial charge in [-0.05, 0) is 22.8 Å². The van der Waals surface area contributed by atoms with Crippen molar-refractivity contribution in [3.63, 3.8) is 0 Å². The molecule has 0 heterocycles. The van der Waals surface area contributed by atoms with Crippen LogP contribution in [-0.4, -0.2) is 0 Å². The van der Waals surface area contributed by atoms with Crippen LogP contribution in [0.5, 0.6) is 0 Å². The standard InChI is InChI=1S/C10H8.C9H12.C6H14.3C2H6/c1-2-6-10-8-4-3-7-9(10)5-1;1-2-6-9-7-4-3-5-8-9;1-3-5-6-4-2;3*1-2/h1-8H;3-5,7-8H,2,6H2,1H3;3-6H2,1-2H3;3*1-2H3. The molecular formula is C31H52. The van der Waals surface area contributed by atoms with Crippen LogP contribution in [0.4, 0.5) is 0 Å². The SMILES string of the molecule is CC.CC.CC.CCCCCC.CCCc1ccccc1.c1ccc2ccccc2c1. The molecule has 31 heavy (non-hydrogen) atoms. The molecule has 0 amide bonds. The summed E-state index contributed by atoms with van der Waals surface area (Å²) < 4.78 is 0. The molecule has 0 saturated carbocycles. The normalized spacial score (nSPS) is 8.29. The van der Waals surface area contributed by atoms with Gasteiger partial charge in [0, 0.05) is 0 Å². The van der Waals surface area contributed by atoms with Crippen molar-refractivity contribution in [1.29, 1.82) is 0 Å². The van der Waals surface area contributed by atoms with Crippen molar-refractivity contribution < 1.29 is 0 Å². The van der Waals surface area contributed by atoms with Crippen LogP contribution in [0.2, 0.25) is 0 Å². The molecule has 0 fully saturated rings. The highest BCUT2D eigenvalue weighted by Crippen LogP contribution is 2.11. The van der Waals surface area contributed by atoms with E-state index >= 15 is 0 Å². The highest BCUT2D eigenvalue weighted by Gasteiger charge is 1.85. The minimum absolute atomic E-state index is 1.21. The van der Waals surface area contributed by atoms with E-state index in [-0.39, 0.29) is 0 Å². The molecule has 0 unspecified atom stereocenters. The summed E-state index contributed by atoms with van der Waals surface area (Å²) in [6.45, 7) is 18.7. The molecule has 0 atom stereocenters. The second-order valence-electron chi connectivity index (χ2n) is 6.29. The van der Waals surface area contributed by atoms with Crippen molar-refractivity contribution in [2.75, 3.05) is 0 Å². The topological polar surface area (TPSA) is 0 Å². The van der Waals surface area contributed by atoms with Gasteiger partial charge in [0.25, 0.3) is 0 Å².